The van der Waals surface area contributed by atoms with Gasteiger partial charge in [-0.2, -0.15) is 0 Å². The summed E-state index contributed by atoms with van der Waals surface area (Å²) in [4.78, 5) is 2.48. The Balaban J connectivity index is 1.14. The summed E-state index contributed by atoms with van der Waals surface area (Å²) in [5, 5.41) is 10.1. The zero-order chi connectivity index (χ0) is 37.4. The number of rotatable bonds is 5. The normalized spacial score (nSPS) is 13.0. The number of hydrogen-bond acceptors (Lipinski definition) is 1. The van der Waals surface area contributed by atoms with E-state index in [-0.39, 0.29) is 5.41 Å². The lowest BCUT2D eigenvalue weighted by atomic mass is 9.81. The summed E-state index contributed by atoms with van der Waals surface area (Å²) in [7, 11) is 0. The molecule has 0 aliphatic heterocycles. The largest absolute Gasteiger partial charge is 0.310 e. The Morgan fingerprint density at radius 2 is 0.929 bits per heavy atom. The molecule has 0 heterocycles. The molecule has 1 heteroatoms. The van der Waals surface area contributed by atoms with Gasteiger partial charge in [0.1, 0.15) is 0 Å². The molecule has 1 aliphatic rings. The summed E-state index contributed by atoms with van der Waals surface area (Å²) in [5.41, 5.74) is 13.7. The summed E-state index contributed by atoms with van der Waals surface area (Å²) in [5.74, 6) is 0. The molecular weight excluding hydrogens is 675 g/mol. The second kappa shape index (κ2) is 12.5. The highest BCUT2D eigenvalue weighted by Gasteiger charge is 2.37. The van der Waals surface area contributed by atoms with Crippen LogP contribution in [0, 0.1) is 0 Å². The van der Waals surface area contributed by atoms with Crippen LogP contribution in [0.25, 0.3) is 76.5 Å². The van der Waals surface area contributed by atoms with E-state index in [1.807, 2.05) is 0 Å². The van der Waals surface area contributed by atoms with Gasteiger partial charge in [-0.05, 0) is 113 Å². The minimum atomic E-state index is -0.145. The fourth-order valence-electron chi connectivity index (χ4n) is 9.51. The van der Waals surface area contributed by atoms with E-state index in [0.717, 1.165) is 11.4 Å². The summed E-state index contributed by atoms with van der Waals surface area (Å²) < 4.78 is 0. The fourth-order valence-corrected chi connectivity index (χ4v) is 9.51. The number of hydrogen-bond donors (Lipinski definition) is 0. The standard InChI is InChI=1S/C55H39N/c1-55(2)50-25-11-10-22-49(50)54-48-21-9-8-20-47(48)52(35-51(54)55)56(42-32-33-44-40(34-42)27-26-37-16-6-7-19-43(37)44)41-30-28-38(29-31-41)46-24-13-18-39-17-12-23-45(53(39)46)36-14-4-3-5-15-36/h3-35H,1-2H3. The Hall–Kier alpha value is -6.96. The molecule has 10 aromatic rings. The van der Waals surface area contributed by atoms with Crippen molar-refractivity contribution in [3.05, 3.63) is 211 Å². The second-order valence-corrected chi connectivity index (χ2v) is 15.7. The lowest BCUT2D eigenvalue weighted by Crippen LogP contribution is -2.17. The third-order valence-electron chi connectivity index (χ3n) is 12.2. The zero-order valence-corrected chi connectivity index (χ0v) is 31.5. The Kier molecular flexibility index (Phi) is 7.28. The highest BCUT2D eigenvalue weighted by atomic mass is 15.1. The van der Waals surface area contributed by atoms with E-state index in [1.54, 1.807) is 0 Å². The van der Waals surface area contributed by atoms with Crippen molar-refractivity contribution < 1.29 is 0 Å². The maximum absolute atomic E-state index is 2.48. The molecule has 56 heavy (non-hydrogen) atoms. The smallest absolute Gasteiger partial charge is 0.0543 e. The molecule has 0 saturated heterocycles. The van der Waals surface area contributed by atoms with Gasteiger partial charge < -0.3 is 4.90 Å². The van der Waals surface area contributed by atoms with Gasteiger partial charge >= 0.3 is 0 Å². The van der Waals surface area contributed by atoms with Crippen LogP contribution < -0.4 is 4.90 Å². The highest BCUT2D eigenvalue weighted by molar-refractivity contribution is 6.12. The average molecular weight is 714 g/mol. The quantitative estimate of drug-likeness (QED) is 0.161. The van der Waals surface area contributed by atoms with Crippen molar-refractivity contribution in [3.8, 4) is 33.4 Å². The van der Waals surface area contributed by atoms with Crippen LogP contribution in [0.2, 0.25) is 0 Å². The van der Waals surface area contributed by atoms with Crippen LogP contribution in [0.5, 0.6) is 0 Å². The first-order valence-corrected chi connectivity index (χ1v) is 19.6. The predicted molar refractivity (Wildman–Crippen MR) is 240 cm³/mol. The molecule has 11 rings (SSSR count). The highest BCUT2D eigenvalue weighted by Crippen LogP contribution is 2.54. The van der Waals surface area contributed by atoms with E-state index in [4.69, 9.17) is 0 Å². The minimum absolute atomic E-state index is 0.145. The Morgan fingerprint density at radius 1 is 0.357 bits per heavy atom. The number of nitrogens with zero attached hydrogens (tertiary/aromatic N) is 1. The first-order chi connectivity index (χ1) is 27.5. The van der Waals surface area contributed by atoms with E-state index in [0.29, 0.717) is 0 Å². The summed E-state index contributed by atoms with van der Waals surface area (Å²) >= 11 is 0. The monoisotopic (exact) mass is 713 g/mol. The predicted octanol–water partition coefficient (Wildman–Crippen LogP) is 15.4. The van der Waals surface area contributed by atoms with Crippen molar-refractivity contribution in [2.45, 2.75) is 19.3 Å². The molecule has 0 atom stereocenters. The maximum Gasteiger partial charge on any atom is 0.0543 e. The molecule has 0 aromatic heterocycles. The van der Waals surface area contributed by atoms with Gasteiger partial charge in [0.05, 0.1) is 5.69 Å². The lowest BCUT2D eigenvalue weighted by molar-refractivity contribution is 0.661. The van der Waals surface area contributed by atoms with Gasteiger partial charge in [-0.3, -0.25) is 0 Å². The van der Waals surface area contributed by atoms with Gasteiger partial charge in [-0.25, -0.2) is 0 Å². The number of fused-ring (bicyclic) bond motifs is 9. The Morgan fingerprint density at radius 3 is 1.71 bits per heavy atom. The van der Waals surface area contributed by atoms with Crippen LogP contribution in [0.1, 0.15) is 25.0 Å². The molecule has 1 aliphatic carbocycles. The zero-order valence-electron chi connectivity index (χ0n) is 31.5. The van der Waals surface area contributed by atoms with E-state index in [1.165, 1.54) is 93.3 Å². The van der Waals surface area contributed by atoms with Gasteiger partial charge in [0.2, 0.25) is 0 Å². The molecular formula is C55H39N. The first kappa shape index (κ1) is 32.5. The molecule has 0 amide bonds. The molecule has 0 spiro atoms. The number of benzene rings is 10. The van der Waals surface area contributed by atoms with Crippen LogP contribution in [0.3, 0.4) is 0 Å². The molecule has 0 N–H and O–H groups in total. The van der Waals surface area contributed by atoms with E-state index < -0.39 is 0 Å². The third kappa shape index (κ3) is 4.94. The lowest BCUT2D eigenvalue weighted by Gasteiger charge is -2.30. The third-order valence-corrected chi connectivity index (χ3v) is 12.2. The molecule has 0 radical (unpaired) electrons. The summed E-state index contributed by atoms with van der Waals surface area (Å²) in [6.07, 6.45) is 0. The maximum atomic E-state index is 2.48. The summed E-state index contributed by atoms with van der Waals surface area (Å²) in [6.45, 7) is 4.76. The van der Waals surface area contributed by atoms with Crippen molar-refractivity contribution in [2.75, 3.05) is 4.90 Å². The molecule has 1 nitrogen and oxygen atoms in total. The van der Waals surface area contributed by atoms with Crippen molar-refractivity contribution in [2.24, 2.45) is 0 Å². The van der Waals surface area contributed by atoms with Crippen LogP contribution in [-0.2, 0) is 5.41 Å². The van der Waals surface area contributed by atoms with E-state index in [9.17, 15) is 0 Å². The topological polar surface area (TPSA) is 3.24 Å². The minimum Gasteiger partial charge on any atom is -0.310 e. The molecule has 264 valence electrons. The molecule has 10 aromatic carbocycles. The Bertz CT molecular complexity index is 3150. The van der Waals surface area contributed by atoms with Crippen molar-refractivity contribution in [1.82, 2.24) is 0 Å². The summed E-state index contributed by atoms with van der Waals surface area (Å²) in [6, 6.07) is 73.9. The van der Waals surface area contributed by atoms with Crippen LogP contribution >= 0.6 is 0 Å². The second-order valence-electron chi connectivity index (χ2n) is 15.7. The molecule has 0 bridgehead atoms. The van der Waals surface area contributed by atoms with Crippen molar-refractivity contribution >= 4 is 60.2 Å². The fraction of sp³-hybridized carbons (Fsp3) is 0.0545. The average Bonchev–Trinajstić information content (AvgIpc) is 3.49. The van der Waals surface area contributed by atoms with E-state index >= 15 is 0 Å². The van der Waals surface area contributed by atoms with Crippen molar-refractivity contribution in [1.29, 1.82) is 0 Å². The van der Waals surface area contributed by atoms with Crippen LogP contribution in [0.4, 0.5) is 17.1 Å². The molecule has 0 saturated carbocycles. The Labute approximate surface area is 327 Å². The van der Waals surface area contributed by atoms with Gasteiger partial charge in [0.25, 0.3) is 0 Å². The first-order valence-electron chi connectivity index (χ1n) is 19.6. The van der Waals surface area contributed by atoms with E-state index in [2.05, 4.69) is 219 Å². The van der Waals surface area contributed by atoms with Gasteiger partial charge in [0, 0.05) is 22.2 Å². The van der Waals surface area contributed by atoms with Crippen LogP contribution in [-0.4, -0.2) is 0 Å². The van der Waals surface area contributed by atoms with Crippen LogP contribution in [0.15, 0.2) is 200 Å². The van der Waals surface area contributed by atoms with Gasteiger partial charge in [0.15, 0.2) is 0 Å². The van der Waals surface area contributed by atoms with Gasteiger partial charge in [-0.1, -0.05) is 184 Å². The van der Waals surface area contributed by atoms with Crippen molar-refractivity contribution in [3.63, 3.8) is 0 Å². The molecule has 0 unspecified atom stereocenters. The number of anilines is 3. The SMILES string of the molecule is CC1(C)c2ccccc2-c2c1cc(N(c1ccc(-c3cccc4cccc(-c5ccccc5)c34)cc1)c1ccc3c(ccc4ccccc43)c1)c1ccccc21. The molecule has 0 fully saturated rings. The van der Waals surface area contributed by atoms with Gasteiger partial charge in [-0.15, -0.1) is 0 Å².